The van der Waals surface area contributed by atoms with Gasteiger partial charge in [-0.05, 0) is 54.3 Å². The summed E-state index contributed by atoms with van der Waals surface area (Å²) in [5, 5.41) is 4.08. The lowest BCUT2D eigenvalue weighted by molar-refractivity contribution is -0.118. The highest BCUT2D eigenvalue weighted by molar-refractivity contribution is 6.03. The van der Waals surface area contributed by atoms with Gasteiger partial charge in [0.2, 0.25) is 12.7 Å². The smallest absolute Gasteiger partial charge is 0.235 e. The molecule has 1 fully saturated rings. The average molecular weight is 418 g/mol. The molecule has 2 heterocycles. The molecule has 0 atom stereocenters. The van der Waals surface area contributed by atoms with Gasteiger partial charge in [-0.25, -0.2) is 0 Å². The lowest BCUT2D eigenvalue weighted by Crippen LogP contribution is -2.27. The highest BCUT2D eigenvalue weighted by Gasteiger charge is 2.51. The predicted octanol–water partition coefficient (Wildman–Crippen LogP) is 4.61. The number of H-pyrrole nitrogens is 1. The highest BCUT2D eigenvalue weighted by Crippen LogP contribution is 2.51. The summed E-state index contributed by atoms with van der Waals surface area (Å²) in [6, 6.07) is 11.6. The van der Waals surface area contributed by atoms with Crippen LogP contribution in [0, 0.1) is 0 Å². The minimum Gasteiger partial charge on any atom is -0.454 e. The van der Waals surface area contributed by atoms with E-state index in [-0.39, 0.29) is 18.1 Å². The van der Waals surface area contributed by atoms with Gasteiger partial charge in [-0.1, -0.05) is 26.8 Å². The maximum Gasteiger partial charge on any atom is 0.235 e. The summed E-state index contributed by atoms with van der Waals surface area (Å²) in [5.74, 6) is 1.39. The number of ether oxygens (including phenoxy) is 2. The summed E-state index contributed by atoms with van der Waals surface area (Å²) in [6.07, 6.45) is 2.87. The van der Waals surface area contributed by atoms with Crippen LogP contribution in [0.3, 0.4) is 0 Å². The molecule has 1 aromatic heterocycles. The second kappa shape index (κ2) is 6.87. The number of amides is 1. The van der Waals surface area contributed by atoms with Gasteiger partial charge in [0, 0.05) is 34.1 Å². The fraction of sp³-hybridized carbons (Fsp3) is 0.360. The average Bonchev–Trinajstić information content (AvgIpc) is 3.27. The van der Waals surface area contributed by atoms with Gasteiger partial charge in [0.05, 0.1) is 5.41 Å². The number of carbonyl (C=O) groups excluding carboxylic acids is 2. The number of benzene rings is 2. The van der Waals surface area contributed by atoms with E-state index < -0.39 is 5.41 Å². The molecule has 0 spiro atoms. The van der Waals surface area contributed by atoms with Gasteiger partial charge in [0.25, 0.3) is 0 Å². The van der Waals surface area contributed by atoms with Gasteiger partial charge in [-0.15, -0.1) is 0 Å². The van der Waals surface area contributed by atoms with Crippen LogP contribution in [0.5, 0.6) is 11.5 Å². The molecule has 160 valence electrons. The van der Waals surface area contributed by atoms with Crippen LogP contribution in [-0.4, -0.2) is 24.0 Å². The van der Waals surface area contributed by atoms with E-state index in [2.05, 4.69) is 31.1 Å². The number of anilines is 1. The Hall–Kier alpha value is -3.28. The van der Waals surface area contributed by atoms with Crippen LogP contribution in [0.15, 0.2) is 36.4 Å². The van der Waals surface area contributed by atoms with Crippen molar-refractivity contribution in [2.24, 2.45) is 0 Å². The number of aldehydes is 1. The molecule has 0 radical (unpaired) electrons. The van der Waals surface area contributed by atoms with Crippen molar-refractivity contribution in [3.8, 4) is 11.5 Å². The lowest BCUT2D eigenvalue weighted by Gasteiger charge is -2.18. The molecule has 6 heteroatoms. The molecule has 5 rings (SSSR count). The van der Waals surface area contributed by atoms with Crippen molar-refractivity contribution in [3.05, 3.63) is 53.2 Å². The first-order chi connectivity index (χ1) is 14.8. The Kier molecular flexibility index (Phi) is 4.36. The van der Waals surface area contributed by atoms with E-state index in [0.717, 1.165) is 58.3 Å². The number of fused-ring (bicyclic) bond motifs is 2. The molecule has 6 nitrogen and oxygen atoms in total. The number of carbonyl (C=O) groups is 2. The first kappa shape index (κ1) is 19.7. The molecular formula is C25H26N2O4. The number of rotatable bonds is 5. The molecule has 3 aromatic rings. The zero-order chi connectivity index (χ0) is 21.8. The Labute approximate surface area is 180 Å². The second-order valence-corrected chi connectivity index (χ2v) is 9.46. The first-order valence-electron chi connectivity index (χ1n) is 10.6. The highest BCUT2D eigenvalue weighted by atomic mass is 16.7. The molecule has 0 unspecified atom stereocenters. The van der Waals surface area contributed by atoms with Crippen molar-refractivity contribution in [2.45, 2.75) is 50.9 Å². The quantitative estimate of drug-likeness (QED) is 0.593. The summed E-state index contributed by atoms with van der Waals surface area (Å²) >= 11 is 0. The molecular weight excluding hydrogens is 392 g/mol. The third-order valence-corrected chi connectivity index (χ3v) is 6.31. The van der Waals surface area contributed by atoms with Crippen molar-refractivity contribution in [2.75, 3.05) is 12.1 Å². The van der Waals surface area contributed by atoms with E-state index in [4.69, 9.17) is 9.47 Å². The maximum absolute atomic E-state index is 13.3. The Morgan fingerprint density at radius 2 is 1.90 bits per heavy atom. The topological polar surface area (TPSA) is 80.4 Å². The normalized spacial score (nSPS) is 16.4. The van der Waals surface area contributed by atoms with E-state index >= 15 is 0 Å². The minimum atomic E-state index is -0.531. The van der Waals surface area contributed by atoms with Crippen molar-refractivity contribution < 1.29 is 19.1 Å². The second-order valence-electron chi connectivity index (χ2n) is 9.46. The molecule has 1 aliphatic carbocycles. The Bertz CT molecular complexity index is 1200. The third kappa shape index (κ3) is 3.26. The van der Waals surface area contributed by atoms with E-state index in [1.165, 1.54) is 0 Å². The Morgan fingerprint density at radius 3 is 2.61 bits per heavy atom. The van der Waals surface area contributed by atoms with Crippen LogP contribution in [0.1, 0.15) is 50.4 Å². The van der Waals surface area contributed by atoms with Crippen LogP contribution in [-0.2, 0) is 26.8 Å². The zero-order valence-electron chi connectivity index (χ0n) is 18.0. The molecule has 1 amide bonds. The van der Waals surface area contributed by atoms with Crippen molar-refractivity contribution >= 4 is 28.8 Å². The Balaban J connectivity index is 1.45. The van der Waals surface area contributed by atoms with Crippen molar-refractivity contribution in [1.82, 2.24) is 4.98 Å². The lowest BCUT2D eigenvalue weighted by atomic mass is 9.88. The molecule has 0 saturated heterocycles. The Morgan fingerprint density at radius 1 is 1.13 bits per heavy atom. The summed E-state index contributed by atoms with van der Waals surface area (Å²) < 4.78 is 10.9. The van der Waals surface area contributed by atoms with E-state index in [0.29, 0.717) is 12.2 Å². The molecule has 1 saturated carbocycles. The fourth-order valence-electron chi connectivity index (χ4n) is 4.48. The largest absolute Gasteiger partial charge is 0.454 e. The van der Waals surface area contributed by atoms with Crippen LogP contribution in [0.4, 0.5) is 5.69 Å². The molecule has 0 bridgehead atoms. The van der Waals surface area contributed by atoms with Crippen LogP contribution in [0.2, 0.25) is 0 Å². The molecule has 2 aliphatic rings. The number of nitrogens with one attached hydrogen (secondary N) is 2. The van der Waals surface area contributed by atoms with E-state index in [1.54, 1.807) is 0 Å². The number of aromatic nitrogens is 1. The molecule has 1 aliphatic heterocycles. The first-order valence-corrected chi connectivity index (χ1v) is 10.6. The van der Waals surface area contributed by atoms with Gasteiger partial charge in [-0.3, -0.25) is 4.79 Å². The van der Waals surface area contributed by atoms with Gasteiger partial charge in [0.15, 0.2) is 11.5 Å². The van der Waals surface area contributed by atoms with Gasteiger partial charge in [0.1, 0.15) is 6.29 Å². The number of aromatic amines is 1. The van der Waals surface area contributed by atoms with Crippen LogP contribution in [0.25, 0.3) is 10.9 Å². The predicted molar refractivity (Wildman–Crippen MR) is 119 cm³/mol. The van der Waals surface area contributed by atoms with Gasteiger partial charge in [-0.2, -0.15) is 0 Å². The maximum atomic E-state index is 13.3. The van der Waals surface area contributed by atoms with Crippen molar-refractivity contribution in [3.63, 3.8) is 0 Å². The fourth-order valence-corrected chi connectivity index (χ4v) is 4.48. The SMILES string of the molecule is CC(C)(C)c1[nH]c2ccc(NC(=O)C3(c4ccc5c(c4)OCO5)CC3)cc2c1CC=O. The van der Waals surface area contributed by atoms with Crippen molar-refractivity contribution in [1.29, 1.82) is 0 Å². The number of hydrogen-bond donors (Lipinski definition) is 2. The van der Waals surface area contributed by atoms with E-state index in [9.17, 15) is 9.59 Å². The summed E-state index contributed by atoms with van der Waals surface area (Å²) in [7, 11) is 0. The molecule has 31 heavy (non-hydrogen) atoms. The zero-order valence-corrected chi connectivity index (χ0v) is 18.0. The molecule has 2 aromatic carbocycles. The summed E-state index contributed by atoms with van der Waals surface area (Å²) in [5.41, 5.74) is 4.05. The van der Waals surface area contributed by atoms with E-state index in [1.807, 2.05) is 36.4 Å². The standard InChI is InChI=1S/C25H26N2O4/c1-24(2,3)22-17(8-11-28)18-13-16(5-6-19(18)27-22)26-23(29)25(9-10-25)15-4-7-20-21(12-15)31-14-30-20/h4-7,11-13,27H,8-10,14H2,1-3H3,(H,26,29). The van der Waals surface area contributed by atoms with Crippen LogP contribution < -0.4 is 14.8 Å². The molecule has 2 N–H and O–H groups in total. The van der Waals surface area contributed by atoms with Crippen LogP contribution >= 0.6 is 0 Å². The monoisotopic (exact) mass is 418 g/mol. The number of hydrogen-bond acceptors (Lipinski definition) is 4. The third-order valence-electron chi connectivity index (χ3n) is 6.31. The minimum absolute atomic E-state index is 0.0192. The van der Waals surface area contributed by atoms with Gasteiger partial charge >= 0.3 is 0 Å². The summed E-state index contributed by atoms with van der Waals surface area (Å²) in [4.78, 5) is 28.1. The summed E-state index contributed by atoms with van der Waals surface area (Å²) in [6.45, 7) is 6.58. The van der Waals surface area contributed by atoms with Gasteiger partial charge < -0.3 is 24.6 Å².